The van der Waals surface area contributed by atoms with Gasteiger partial charge in [-0.15, -0.1) is 0 Å². The second-order valence-corrected chi connectivity index (χ2v) is 6.04. The van der Waals surface area contributed by atoms with Crippen LogP contribution in [0.3, 0.4) is 0 Å². The molecule has 1 saturated heterocycles. The minimum Gasteiger partial charge on any atom is -0.461 e. The molecule has 1 saturated carbocycles. The molecular formula is C16H19N3O2. The molecule has 5 heteroatoms. The summed E-state index contributed by atoms with van der Waals surface area (Å²) in [5, 5.41) is 4.12. The lowest BCUT2D eigenvalue weighted by Gasteiger charge is -2.25. The molecule has 3 heterocycles. The van der Waals surface area contributed by atoms with Crippen LogP contribution in [0.5, 0.6) is 0 Å². The summed E-state index contributed by atoms with van der Waals surface area (Å²) in [7, 11) is 0. The van der Waals surface area contributed by atoms with Gasteiger partial charge in [-0.1, -0.05) is 0 Å². The maximum atomic E-state index is 12.4. The van der Waals surface area contributed by atoms with Gasteiger partial charge in [0.2, 0.25) is 5.91 Å². The molecule has 1 aliphatic carbocycles. The van der Waals surface area contributed by atoms with E-state index in [1.165, 1.54) is 0 Å². The van der Waals surface area contributed by atoms with Crippen LogP contribution in [0.1, 0.15) is 31.4 Å². The van der Waals surface area contributed by atoms with Crippen LogP contribution in [0.15, 0.2) is 22.7 Å². The third-order valence-corrected chi connectivity index (χ3v) is 4.30. The van der Waals surface area contributed by atoms with Gasteiger partial charge in [-0.2, -0.15) is 0 Å². The number of hydrogen-bond acceptors (Lipinski definition) is 4. The number of carbonyl (C=O) groups excluding carboxylic acids is 1. The summed E-state index contributed by atoms with van der Waals surface area (Å²) in [4.78, 5) is 19.1. The molecule has 0 aromatic carbocycles. The summed E-state index contributed by atoms with van der Waals surface area (Å²) in [6.45, 7) is 2.81. The van der Waals surface area contributed by atoms with Crippen molar-refractivity contribution in [1.29, 1.82) is 0 Å². The Bertz CT molecular complexity index is 690. The molecule has 2 aliphatic rings. The normalized spacial score (nSPS) is 22.0. The minimum atomic E-state index is -0.0982. The van der Waals surface area contributed by atoms with Gasteiger partial charge in [0.15, 0.2) is 0 Å². The van der Waals surface area contributed by atoms with Crippen molar-refractivity contribution < 1.29 is 9.21 Å². The van der Waals surface area contributed by atoms with E-state index in [0.29, 0.717) is 6.04 Å². The third kappa shape index (κ3) is 2.26. The van der Waals surface area contributed by atoms with Gasteiger partial charge < -0.3 is 14.6 Å². The first-order valence-corrected chi connectivity index (χ1v) is 7.64. The zero-order valence-electron chi connectivity index (χ0n) is 12.1. The highest BCUT2D eigenvalue weighted by Crippen LogP contribution is 2.32. The molecule has 0 spiro atoms. The van der Waals surface area contributed by atoms with Crippen LogP contribution in [-0.4, -0.2) is 29.5 Å². The van der Waals surface area contributed by atoms with E-state index in [-0.39, 0.29) is 11.9 Å². The highest BCUT2D eigenvalue weighted by Gasteiger charge is 2.35. The molecule has 5 nitrogen and oxygen atoms in total. The maximum Gasteiger partial charge on any atom is 0.242 e. The van der Waals surface area contributed by atoms with Gasteiger partial charge in [0.05, 0.1) is 5.39 Å². The van der Waals surface area contributed by atoms with E-state index >= 15 is 0 Å². The molecule has 21 heavy (non-hydrogen) atoms. The van der Waals surface area contributed by atoms with Gasteiger partial charge in [-0.05, 0) is 44.7 Å². The fourth-order valence-electron chi connectivity index (χ4n) is 3.12. The first-order valence-electron chi connectivity index (χ1n) is 7.64. The van der Waals surface area contributed by atoms with Crippen molar-refractivity contribution in [2.24, 2.45) is 0 Å². The molecule has 0 bridgehead atoms. The van der Waals surface area contributed by atoms with Crippen molar-refractivity contribution in [3.8, 4) is 0 Å². The number of fused-ring (bicyclic) bond motifs is 1. The summed E-state index contributed by atoms with van der Waals surface area (Å²) in [6.07, 6.45) is 5.92. The molecule has 2 fully saturated rings. The number of nitrogens with one attached hydrogen (secondary N) is 1. The fraction of sp³-hybridized carbons (Fsp3) is 0.500. The Kier molecular flexibility index (Phi) is 2.87. The van der Waals surface area contributed by atoms with Gasteiger partial charge in [0.1, 0.15) is 23.2 Å². The lowest BCUT2D eigenvalue weighted by Crippen LogP contribution is -2.44. The van der Waals surface area contributed by atoms with E-state index in [9.17, 15) is 4.79 Å². The second kappa shape index (κ2) is 4.76. The average molecular weight is 285 g/mol. The number of rotatable bonds is 3. The van der Waals surface area contributed by atoms with Crippen molar-refractivity contribution in [2.75, 3.05) is 11.4 Å². The maximum absolute atomic E-state index is 12.4. The Morgan fingerprint density at radius 3 is 3.10 bits per heavy atom. The molecule has 1 atom stereocenters. The molecule has 1 N–H and O–H groups in total. The number of pyridine rings is 1. The lowest BCUT2D eigenvalue weighted by molar-refractivity contribution is -0.122. The Balaban J connectivity index is 1.67. The molecule has 110 valence electrons. The first-order chi connectivity index (χ1) is 10.2. The predicted molar refractivity (Wildman–Crippen MR) is 80.3 cm³/mol. The minimum absolute atomic E-state index is 0.0982. The number of nitrogens with zero attached hydrogens (tertiary/aromatic N) is 2. The van der Waals surface area contributed by atoms with Crippen molar-refractivity contribution in [3.63, 3.8) is 0 Å². The SMILES string of the molecule is Cc1cc2c(N3CCC[C@@H]3C(=O)NC3CC3)nccc2o1. The van der Waals surface area contributed by atoms with Gasteiger partial charge in [0.25, 0.3) is 0 Å². The lowest BCUT2D eigenvalue weighted by atomic mass is 10.2. The summed E-state index contributed by atoms with van der Waals surface area (Å²) in [5.74, 6) is 1.89. The van der Waals surface area contributed by atoms with Crippen molar-refractivity contribution in [1.82, 2.24) is 10.3 Å². The zero-order chi connectivity index (χ0) is 14.4. The van der Waals surface area contributed by atoms with E-state index in [0.717, 1.165) is 54.8 Å². The molecule has 4 rings (SSSR count). The van der Waals surface area contributed by atoms with Crippen molar-refractivity contribution >= 4 is 22.7 Å². The van der Waals surface area contributed by atoms with E-state index in [1.54, 1.807) is 6.20 Å². The molecule has 0 unspecified atom stereocenters. The van der Waals surface area contributed by atoms with Gasteiger partial charge >= 0.3 is 0 Å². The quantitative estimate of drug-likeness (QED) is 0.940. The van der Waals surface area contributed by atoms with E-state index in [4.69, 9.17) is 4.42 Å². The second-order valence-electron chi connectivity index (χ2n) is 6.04. The van der Waals surface area contributed by atoms with Crippen LogP contribution in [-0.2, 0) is 4.79 Å². The highest BCUT2D eigenvalue weighted by atomic mass is 16.3. The number of anilines is 1. The Labute approximate surface area is 123 Å². The molecule has 2 aromatic rings. The summed E-state index contributed by atoms with van der Waals surface area (Å²) < 4.78 is 5.67. The largest absolute Gasteiger partial charge is 0.461 e. The van der Waals surface area contributed by atoms with E-state index in [1.807, 2.05) is 19.1 Å². The summed E-state index contributed by atoms with van der Waals surface area (Å²) in [5.41, 5.74) is 0.839. The van der Waals surface area contributed by atoms with Crippen LogP contribution in [0, 0.1) is 6.92 Å². The molecule has 2 aromatic heterocycles. The standard InChI is InChI=1S/C16H19N3O2/c1-10-9-12-14(21-10)6-7-17-15(12)19-8-2-3-13(19)16(20)18-11-4-5-11/h6-7,9,11,13H,2-5,8H2,1H3,(H,18,20)/t13-/m1/s1. The number of aromatic nitrogens is 1. The molecule has 1 aliphatic heterocycles. The molecule has 1 amide bonds. The van der Waals surface area contributed by atoms with Crippen LogP contribution >= 0.6 is 0 Å². The third-order valence-electron chi connectivity index (χ3n) is 4.30. The Morgan fingerprint density at radius 1 is 1.43 bits per heavy atom. The van der Waals surface area contributed by atoms with Crippen molar-refractivity contribution in [3.05, 3.63) is 24.1 Å². The van der Waals surface area contributed by atoms with Gasteiger partial charge in [-0.3, -0.25) is 4.79 Å². The topological polar surface area (TPSA) is 58.4 Å². The number of furan rings is 1. The average Bonchev–Trinajstić information content (AvgIpc) is 3.01. The first kappa shape index (κ1) is 12.7. The monoisotopic (exact) mass is 285 g/mol. The molecule has 0 radical (unpaired) electrons. The molecular weight excluding hydrogens is 266 g/mol. The van der Waals surface area contributed by atoms with Crippen LogP contribution in [0.4, 0.5) is 5.82 Å². The number of hydrogen-bond donors (Lipinski definition) is 1. The van der Waals surface area contributed by atoms with Crippen LogP contribution in [0.25, 0.3) is 11.0 Å². The van der Waals surface area contributed by atoms with Crippen molar-refractivity contribution in [2.45, 2.75) is 44.7 Å². The number of carbonyl (C=O) groups is 1. The van der Waals surface area contributed by atoms with Gasteiger partial charge in [0, 0.05) is 18.8 Å². The summed E-state index contributed by atoms with van der Waals surface area (Å²) >= 11 is 0. The van der Waals surface area contributed by atoms with Gasteiger partial charge in [-0.25, -0.2) is 4.98 Å². The Morgan fingerprint density at radius 2 is 2.29 bits per heavy atom. The number of amides is 1. The highest BCUT2D eigenvalue weighted by molar-refractivity contribution is 5.93. The number of aryl methyl sites for hydroxylation is 1. The van der Waals surface area contributed by atoms with Crippen LogP contribution < -0.4 is 10.2 Å². The van der Waals surface area contributed by atoms with Crippen LogP contribution in [0.2, 0.25) is 0 Å². The fourth-order valence-corrected chi connectivity index (χ4v) is 3.12. The predicted octanol–water partition coefficient (Wildman–Crippen LogP) is 2.38. The van der Waals surface area contributed by atoms with E-state index in [2.05, 4.69) is 15.2 Å². The van der Waals surface area contributed by atoms with E-state index < -0.39 is 0 Å². The zero-order valence-corrected chi connectivity index (χ0v) is 12.1. The Hall–Kier alpha value is -2.04. The summed E-state index contributed by atoms with van der Waals surface area (Å²) in [6, 6.07) is 4.19. The smallest absolute Gasteiger partial charge is 0.242 e.